The Morgan fingerprint density at radius 2 is 2.11 bits per heavy atom. The third kappa shape index (κ3) is 3.60. The fourth-order valence-corrected chi connectivity index (χ4v) is 2.29. The van der Waals surface area contributed by atoms with E-state index in [1.807, 2.05) is 30.3 Å². The van der Waals surface area contributed by atoms with Gasteiger partial charge in [-0.2, -0.15) is 22.1 Å². The highest BCUT2D eigenvalue weighted by Gasteiger charge is 2.02. The molecule has 1 aromatic carbocycles. The van der Waals surface area contributed by atoms with Crippen LogP contribution in [-0.4, -0.2) is 20.5 Å². The Hall–Kier alpha value is -1.80. The molecule has 2 aromatic rings. The monoisotopic (exact) mass is 258 g/mol. The van der Waals surface area contributed by atoms with E-state index >= 15 is 0 Å². The number of hydrogen-bond acceptors (Lipinski definition) is 4. The Morgan fingerprint density at radius 1 is 1.28 bits per heavy atom. The summed E-state index contributed by atoms with van der Waals surface area (Å²) in [7, 11) is 0. The van der Waals surface area contributed by atoms with Gasteiger partial charge < -0.3 is 0 Å². The van der Waals surface area contributed by atoms with Gasteiger partial charge in [-0.1, -0.05) is 18.2 Å². The molecule has 0 aliphatic rings. The minimum absolute atomic E-state index is 0.624. The maximum Gasteiger partial charge on any atom is 0.160 e. The number of thioether (sulfide) groups is 1. The van der Waals surface area contributed by atoms with Crippen LogP contribution in [0, 0.1) is 11.3 Å². The number of unbranched alkanes of at least 4 members (excludes halogenated alkanes) is 1. The second-order valence-electron chi connectivity index (χ2n) is 3.76. The second-order valence-corrected chi connectivity index (χ2v) is 4.86. The summed E-state index contributed by atoms with van der Waals surface area (Å²) >= 11 is 1.77. The molecule has 0 N–H and O–H groups in total. The zero-order valence-electron chi connectivity index (χ0n) is 9.99. The van der Waals surface area contributed by atoms with E-state index in [4.69, 9.17) is 5.26 Å². The topological polar surface area (TPSA) is 54.5 Å². The first-order chi connectivity index (χ1) is 8.90. The zero-order valence-corrected chi connectivity index (χ0v) is 10.8. The van der Waals surface area contributed by atoms with Gasteiger partial charge in [0.2, 0.25) is 0 Å². The van der Waals surface area contributed by atoms with Crippen molar-refractivity contribution in [3.8, 4) is 11.8 Å². The van der Waals surface area contributed by atoms with Crippen molar-refractivity contribution in [1.82, 2.24) is 14.8 Å². The van der Waals surface area contributed by atoms with Crippen LogP contribution in [-0.2, 0) is 5.75 Å². The van der Waals surface area contributed by atoms with E-state index in [-0.39, 0.29) is 0 Å². The molecule has 0 aliphatic heterocycles. The van der Waals surface area contributed by atoms with Crippen molar-refractivity contribution in [2.45, 2.75) is 18.6 Å². The minimum Gasteiger partial charge on any atom is -0.221 e. The molecule has 0 aliphatic carbocycles. The lowest BCUT2D eigenvalue weighted by molar-refractivity contribution is 0.859. The number of hydrogen-bond donors (Lipinski definition) is 0. The predicted molar refractivity (Wildman–Crippen MR) is 72.4 cm³/mol. The van der Waals surface area contributed by atoms with Crippen LogP contribution in [0.4, 0.5) is 0 Å². The summed E-state index contributed by atoms with van der Waals surface area (Å²) in [6.45, 7) is 0. The van der Waals surface area contributed by atoms with Crippen molar-refractivity contribution >= 4 is 11.8 Å². The van der Waals surface area contributed by atoms with Gasteiger partial charge in [0.05, 0.1) is 17.5 Å². The molecule has 0 atom stereocenters. The lowest BCUT2D eigenvalue weighted by Gasteiger charge is -1.98. The first-order valence-corrected chi connectivity index (χ1v) is 6.96. The van der Waals surface area contributed by atoms with E-state index in [1.165, 1.54) is 0 Å². The fourth-order valence-electron chi connectivity index (χ4n) is 1.49. The van der Waals surface area contributed by atoms with Gasteiger partial charge in [-0.3, -0.25) is 0 Å². The van der Waals surface area contributed by atoms with Crippen molar-refractivity contribution in [2.75, 3.05) is 5.75 Å². The number of benzene rings is 1. The van der Waals surface area contributed by atoms with Crippen molar-refractivity contribution in [3.05, 3.63) is 42.5 Å². The Bertz CT molecular complexity index is 515. The van der Waals surface area contributed by atoms with Crippen LogP contribution in [0.5, 0.6) is 0 Å². The highest BCUT2D eigenvalue weighted by Crippen LogP contribution is 2.11. The number of nitrogens with zero attached hydrogens (tertiary/aromatic N) is 4. The maximum absolute atomic E-state index is 8.42. The van der Waals surface area contributed by atoms with Crippen LogP contribution in [0.2, 0.25) is 0 Å². The number of rotatable bonds is 6. The largest absolute Gasteiger partial charge is 0.221 e. The van der Waals surface area contributed by atoms with Gasteiger partial charge in [0, 0.05) is 6.42 Å². The highest BCUT2D eigenvalue weighted by atomic mass is 32.2. The Kier molecular flexibility index (Phi) is 4.79. The SMILES string of the molecule is N#CCCCSCc1ncn(-c2ccccc2)n1. The molecule has 1 heterocycles. The smallest absolute Gasteiger partial charge is 0.160 e. The molecular weight excluding hydrogens is 244 g/mol. The van der Waals surface area contributed by atoms with Gasteiger partial charge in [0.25, 0.3) is 0 Å². The van der Waals surface area contributed by atoms with Gasteiger partial charge in [-0.05, 0) is 24.3 Å². The molecule has 1 aromatic heterocycles. The molecule has 0 saturated heterocycles. The third-order valence-electron chi connectivity index (χ3n) is 2.37. The second kappa shape index (κ2) is 6.82. The van der Waals surface area contributed by atoms with Crippen molar-refractivity contribution in [3.63, 3.8) is 0 Å². The summed E-state index contributed by atoms with van der Waals surface area (Å²) in [6, 6.07) is 12.1. The fraction of sp³-hybridized carbons (Fsp3) is 0.308. The van der Waals surface area contributed by atoms with E-state index in [0.717, 1.165) is 29.4 Å². The van der Waals surface area contributed by atoms with Crippen molar-refractivity contribution < 1.29 is 0 Å². The quantitative estimate of drug-likeness (QED) is 0.748. The number of aromatic nitrogens is 3. The van der Waals surface area contributed by atoms with Crippen LogP contribution in [0.1, 0.15) is 18.7 Å². The van der Waals surface area contributed by atoms with Gasteiger partial charge in [0.1, 0.15) is 6.33 Å². The summed E-state index contributed by atoms with van der Waals surface area (Å²) in [5.74, 6) is 2.61. The van der Waals surface area contributed by atoms with Crippen LogP contribution < -0.4 is 0 Å². The Labute approximate surface area is 111 Å². The van der Waals surface area contributed by atoms with Crippen molar-refractivity contribution in [2.24, 2.45) is 0 Å². The zero-order chi connectivity index (χ0) is 12.6. The molecule has 0 amide bonds. The molecule has 0 radical (unpaired) electrons. The number of para-hydroxylation sites is 1. The molecule has 0 unspecified atom stereocenters. The molecule has 0 fully saturated rings. The molecule has 0 saturated carbocycles. The molecule has 4 nitrogen and oxygen atoms in total. The van der Waals surface area contributed by atoms with Crippen LogP contribution in [0.3, 0.4) is 0 Å². The van der Waals surface area contributed by atoms with E-state index < -0.39 is 0 Å². The summed E-state index contributed by atoms with van der Waals surface area (Å²) in [5, 5.41) is 12.8. The third-order valence-corrected chi connectivity index (χ3v) is 3.41. The summed E-state index contributed by atoms with van der Waals surface area (Å²) in [6.07, 6.45) is 3.29. The first-order valence-electron chi connectivity index (χ1n) is 5.81. The Morgan fingerprint density at radius 3 is 2.89 bits per heavy atom. The molecule has 0 spiro atoms. The van der Waals surface area contributed by atoms with Gasteiger partial charge in [-0.15, -0.1) is 0 Å². The summed E-state index contributed by atoms with van der Waals surface area (Å²) < 4.78 is 1.78. The normalized spacial score (nSPS) is 10.2. The molecule has 92 valence electrons. The summed E-state index contributed by atoms with van der Waals surface area (Å²) in [5.41, 5.74) is 1.02. The van der Waals surface area contributed by atoms with E-state index in [1.54, 1.807) is 22.8 Å². The van der Waals surface area contributed by atoms with Crippen LogP contribution in [0.25, 0.3) is 5.69 Å². The van der Waals surface area contributed by atoms with Crippen LogP contribution >= 0.6 is 11.8 Å². The molecule has 0 bridgehead atoms. The maximum atomic E-state index is 8.42. The highest BCUT2D eigenvalue weighted by molar-refractivity contribution is 7.98. The standard InChI is InChI=1S/C13H14N4S/c14-8-4-5-9-18-10-13-15-11-17(16-13)12-6-2-1-3-7-12/h1-3,6-7,11H,4-5,9-10H2. The first kappa shape index (κ1) is 12.7. The lowest BCUT2D eigenvalue weighted by Crippen LogP contribution is -1.95. The minimum atomic E-state index is 0.624. The van der Waals surface area contributed by atoms with Crippen LogP contribution in [0.15, 0.2) is 36.7 Å². The number of nitriles is 1. The van der Waals surface area contributed by atoms with Gasteiger partial charge in [-0.25, -0.2) is 9.67 Å². The molecule has 2 rings (SSSR count). The molecule has 18 heavy (non-hydrogen) atoms. The van der Waals surface area contributed by atoms with Gasteiger partial charge >= 0.3 is 0 Å². The Balaban J connectivity index is 1.86. The van der Waals surface area contributed by atoms with Gasteiger partial charge in [0.15, 0.2) is 5.82 Å². The molecule has 5 heteroatoms. The lowest BCUT2D eigenvalue weighted by atomic mass is 10.3. The van der Waals surface area contributed by atoms with E-state index in [2.05, 4.69) is 16.2 Å². The predicted octanol–water partition coefficient (Wildman–Crippen LogP) is 2.80. The average Bonchev–Trinajstić information content (AvgIpc) is 2.88. The molecular formula is C13H14N4S. The van der Waals surface area contributed by atoms with E-state index in [0.29, 0.717) is 6.42 Å². The summed E-state index contributed by atoms with van der Waals surface area (Å²) in [4.78, 5) is 4.28. The average molecular weight is 258 g/mol. The van der Waals surface area contributed by atoms with E-state index in [9.17, 15) is 0 Å². The van der Waals surface area contributed by atoms with Crippen molar-refractivity contribution in [1.29, 1.82) is 5.26 Å².